The van der Waals surface area contributed by atoms with E-state index in [1.54, 1.807) is 0 Å². The van der Waals surface area contributed by atoms with E-state index in [1.807, 2.05) is 0 Å². The highest BCUT2D eigenvalue weighted by molar-refractivity contribution is 4.80. The molecule has 0 aromatic heterocycles. The third-order valence-electron chi connectivity index (χ3n) is 2.73. The van der Waals surface area contributed by atoms with E-state index in [-0.39, 0.29) is 5.41 Å². The number of hydrogen-bond acceptors (Lipinski definition) is 1. The maximum absolute atomic E-state index is 6.17. The molecular weight excluding hydrogens is 170 g/mol. The molecular formula is C13H29N. The summed E-state index contributed by atoms with van der Waals surface area (Å²) in [6.07, 6.45) is 2.40. The lowest BCUT2D eigenvalue weighted by Crippen LogP contribution is -2.36. The fraction of sp³-hybridized carbons (Fsp3) is 1.00. The lowest BCUT2D eigenvalue weighted by atomic mass is 9.77. The van der Waals surface area contributed by atoms with E-state index >= 15 is 0 Å². The fourth-order valence-corrected chi connectivity index (χ4v) is 1.92. The number of nitrogens with two attached hydrogens (primary N) is 1. The second kappa shape index (κ2) is 4.65. The molecule has 14 heavy (non-hydrogen) atoms. The zero-order valence-electron chi connectivity index (χ0n) is 11.1. The van der Waals surface area contributed by atoms with Gasteiger partial charge in [0.05, 0.1) is 0 Å². The van der Waals surface area contributed by atoms with Crippen LogP contribution in [0.25, 0.3) is 0 Å². The van der Waals surface area contributed by atoms with Crippen molar-refractivity contribution in [2.45, 2.75) is 67.3 Å². The van der Waals surface area contributed by atoms with Crippen LogP contribution >= 0.6 is 0 Å². The lowest BCUT2D eigenvalue weighted by molar-refractivity contribution is 0.232. The molecule has 1 nitrogen and oxygen atoms in total. The van der Waals surface area contributed by atoms with E-state index in [0.29, 0.717) is 11.5 Å². The molecule has 0 saturated heterocycles. The quantitative estimate of drug-likeness (QED) is 0.734. The summed E-state index contributed by atoms with van der Waals surface area (Å²) in [5, 5.41) is 0. The van der Waals surface area contributed by atoms with Crippen molar-refractivity contribution < 1.29 is 0 Å². The Bertz CT molecular complexity index is 159. The van der Waals surface area contributed by atoms with E-state index in [2.05, 4.69) is 48.5 Å². The maximum atomic E-state index is 6.17. The zero-order chi connectivity index (χ0) is 11.6. The first-order valence-corrected chi connectivity index (χ1v) is 5.78. The van der Waals surface area contributed by atoms with Gasteiger partial charge in [-0.1, -0.05) is 48.5 Å². The molecule has 0 radical (unpaired) electrons. The van der Waals surface area contributed by atoms with Crippen molar-refractivity contribution in [3.05, 3.63) is 0 Å². The van der Waals surface area contributed by atoms with Crippen molar-refractivity contribution in [2.75, 3.05) is 0 Å². The summed E-state index contributed by atoms with van der Waals surface area (Å²) in [5.74, 6) is 0.726. The van der Waals surface area contributed by atoms with Crippen molar-refractivity contribution in [1.29, 1.82) is 0 Å². The normalized spacial score (nSPS) is 18.0. The van der Waals surface area contributed by atoms with E-state index in [9.17, 15) is 0 Å². The predicted molar refractivity (Wildman–Crippen MR) is 65.3 cm³/mol. The van der Waals surface area contributed by atoms with Crippen molar-refractivity contribution in [1.82, 2.24) is 0 Å². The minimum absolute atomic E-state index is 0.242. The van der Waals surface area contributed by atoms with Crippen LogP contribution < -0.4 is 5.73 Å². The molecule has 2 unspecified atom stereocenters. The molecule has 0 aromatic carbocycles. The third kappa shape index (κ3) is 6.42. The molecule has 2 atom stereocenters. The van der Waals surface area contributed by atoms with Gasteiger partial charge in [0.1, 0.15) is 0 Å². The topological polar surface area (TPSA) is 26.0 Å². The molecule has 0 spiro atoms. The summed E-state index contributed by atoms with van der Waals surface area (Å²) in [5.41, 5.74) is 6.84. The molecule has 0 amide bonds. The van der Waals surface area contributed by atoms with E-state index in [1.165, 1.54) is 6.42 Å². The molecule has 0 rings (SSSR count). The van der Waals surface area contributed by atoms with Gasteiger partial charge in [-0.25, -0.2) is 0 Å². The van der Waals surface area contributed by atoms with Crippen LogP contribution in [0.15, 0.2) is 0 Å². The Kier molecular flexibility index (Phi) is 4.64. The molecule has 0 fully saturated rings. The Morgan fingerprint density at radius 2 is 1.43 bits per heavy atom. The largest absolute Gasteiger partial charge is 0.327 e. The minimum atomic E-state index is 0.242. The van der Waals surface area contributed by atoms with Gasteiger partial charge in [0.15, 0.2) is 0 Å². The number of rotatable bonds is 3. The van der Waals surface area contributed by atoms with E-state index in [4.69, 9.17) is 5.73 Å². The van der Waals surface area contributed by atoms with Gasteiger partial charge >= 0.3 is 0 Å². The Hall–Kier alpha value is -0.0400. The molecule has 0 bridgehead atoms. The van der Waals surface area contributed by atoms with Crippen LogP contribution in [0.4, 0.5) is 0 Å². The fourth-order valence-electron chi connectivity index (χ4n) is 1.92. The molecule has 0 heterocycles. The highest BCUT2D eigenvalue weighted by Gasteiger charge is 2.24. The van der Waals surface area contributed by atoms with Crippen LogP contribution in [-0.4, -0.2) is 6.04 Å². The van der Waals surface area contributed by atoms with Crippen molar-refractivity contribution in [2.24, 2.45) is 22.5 Å². The summed E-state index contributed by atoms with van der Waals surface area (Å²) in [7, 11) is 0. The lowest BCUT2D eigenvalue weighted by Gasteiger charge is -2.31. The smallest absolute Gasteiger partial charge is 0.00901 e. The second-order valence-electron chi connectivity index (χ2n) is 7.08. The third-order valence-corrected chi connectivity index (χ3v) is 2.73. The molecule has 0 aliphatic heterocycles. The van der Waals surface area contributed by atoms with Gasteiger partial charge in [0, 0.05) is 6.04 Å². The summed E-state index contributed by atoms with van der Waals surface area (Å²) >= 11 is 0. The van der Waals surface area contributed by atoms with E-state index < -0.39 is 0 Å². The predicted octanol–water partition coefficient (Wildman–Crippen LogP) is 3.82. The Morgan fingerprint density at radius 1 is 1.00 bits per heavy atom. The minimum Gasteiger partial charge on any atom is -0.327 e. The Morgan fingerprint density at radius 3 is 1.71 bits per heavy atom. The molecule has 0 aliphatic carbocycles. The molecule has 86 valence electrons. The Labute approximate surface area is 90.5 Å². The van der Waals surface area contributed by atoms with Gasteiger partial charge in [-0.05, 0) is 29.6 Å². The highest BCUT2D eigenvalue weighted by Crippen LogP contribution is 2.30. The van der Waals surface area contributed by atoms with Crippen LogP contribution in [0.3, 0.4) is 0 Å². The zero-order valence-corrected chi connectivity index (χ0v) is 11.1. The van der Waals surface area contributed by atoms with Gasteiger partial charge < -0.3 is 5.73 Å². The SMILES string of the molecule is CC(CC(N)C(C)(C)C)CC(C)(C)C. The molecule has 1 heteroatoms. The van der Waals surface area contributed by atoms with Crippen LogP contribution in [-0.2, 0) is 0 Å². The first-order chi connectivity index (χ1) is 6.02. The standard InChI is InChI=1S/C13H29N/c1-10(9-12(2,3)4)8-11(14)13(5,6)7/h10-11H,8-9,14H2,1-7H3. The molecule has 2 N–H and O–H groups in total. The monoisotopic (exact) mass is 199 g/mol. The van der Waals surface area contributed by atoms with Crippen molar-refractivity contribution in [3.63, 3.8) is 0 Å². The average molecular weight is 199 g/mol. The van der Waals surface area contributed by atoms with Crippen LogP contribution in [0, 0.1) is 16.7 Å². The molecule has 0 saturated carbocycles. The molecule has 0 aliphatic rings. The first-order valence-electron chi connectivity index (χ1n) is 5.78. The van der Waals surface area contributed by atoms with Gasteiger partial charge in [-0.2, -0.15) is 0 Å². The summed E-state index contributed by atoms with van der Waals surface area (Å²) < 4.78 is 0. The first kappa shape index (κ1) is 14.0. The van der Waals surface area contributed by atoms with Gasteiger partial charge in [-0.15, -0.1) is 0 Å². The van der Waals surface area contributed by atoms with Crippen LogP contribution in [0.1, 0.15) is 61.3 Å². The summed E-state index contributed by atoms with van der Waals surface area (Å²) in [6.45, 7) is 15.9. The second-order valence-corrected chi connectivity index (χ2v) is 7.08. The van der Waals surface area contributed by atoms with Crippen molar-refractivity contribution >= 4 is 0 Å². The van der Waals surface area contributed by atoms with E-state index in [0.717, 1.165) is 12.3 Å². The molecule has 0 aromatic rings. The van der Waals surface area contributed by atoms with Gasteiger partial charge in [0.2, 0.25) is 0 Å². The summed E-state index contributed by atoms with van der Waals surface area (Å²) in [4.78, 5) is 0. The average Bonchev–Trinajstić information content (AvgIpc) is 1.79. The Balaban J connectivity index is 4.01. The highest BCUT2D eigenvalue weighted by atomic mass is 14.7. The van der Waals surface area contributed by atoms with Gasteiger partial charge in [-0.3, -0.25) is 0 Å². The van der Waals surface area contributed by atoms with Gasteiger partial charge in [0.25, 0.3) is 0 Å². The van der Waals surface area contributed by atoms with Crippen LogP contribution in [0.5, 0.6) is 0 Å². The van der Waals surface area contributed by atoms with Crippen LogP contribution in [0.2, 0.25) is 0 Å². The van der Waals surface area contributed by atoms with Crippen molar-refractivity contribution in [3.8, 4) is 0 Å². The maximum Gasteiger partial charge on any atom is 0.00901 e. The number of hydrogen-bond donors (Lipinski definition) is 1. The summed E-state index contributed by atoms with van der Waals surface area (Å²) in [6, 6.07) is 0.319.